The molecular weight excluding hydrogens is 456 g/mol. The Balaban J connectivity index is 1.76. The number of carbonyl (C=O) groups excluding carboxylic acids is 1. The van der Waals surface area contributed by atoms with Crippen LogP contribution in [0.1, 0.15) is 46.1 Å². The molecule has 11 heteroatoms. The van der Waals surface area contributed by atoms with Crippen molar-refractivity contribution in [2.45, 2.75) is 57.2 Å². The zero-order valence-electron chi connectivity index (χ0n) is 19.6. The number of pyridine rings is 2. The van der Waals surface area contributed by atoms with Crippen molar-refractivity contribution in [3.05, 3.63) is 36.7 Å². The first-order valence-corrected chi connectivity index (χ1v) is 13.0. The summed E-state index contributed by atoms with van der Waals surface area (Å²) < 4.78 is 32.1. The summed E-state index contributed by atoms with van der Waals surface area (Å²) in [6.07, 6.45) is 7.91. The second kappa shape index (κ2) is 9.41. The molecule has 1 saturated carbocycles. The van der Waals surface area contributed by atoms with Crippen LogP contribution in [-0.4, -0.2) is 46.4 Å². The van der Waals surface area contributed by atoms with E-state index in [1.807, 2.05) is 30.8 Å². The van der Waals surface area contributed by atoms with Crippen molar-refractivity contribution < 1.29 is 17.9 Å². The summed E-state index contributed by atoms with van der Waals surface area (Å²) in [5, 5.41) is 10.5. The highest BCUT2D eigenvalue weighted by Gasteiger charge is 2.21. The number of amides is 1. The van der Waals surface area contributed by atoms with Gasteiger partial charge in [-0.1, -0.05) is 0 Å². The number of nitrogens with zero attached hydrogens (tertiary/aromatic N) is 4. The van der Waals surface area contributed by atoms with Crippen molar-refractivity contribution >= 4 is 33.1 Å². The molecule has 0 aromatic carbocycles. The van der Waals surface area contributed by atoms with Crippen LogP contribution in [0.25, 0.3) is 11.3 Å². The van der Waals surface area contributed by atoms with Crippen LogP contribution in [0.2, 0.25) is 0 Å². The first-order valence-electron chi connectivity index (χ1n) is 11.1. The molecule has 0 saturated heterocycles. The van der Waals surface area contributed by atoms with Gasteiger partial charge in [0.15, 0.2) is 14.9 Å². The van der Waals surface area contributed by atoms with Gasteiger partial charge in [-0.2, -0.15) is 5.10 Å². The summed E-state index contributed by atoms with van der Waals surface area (Å²) in [6.45, 7) is 5.11. The maximum Gasteiger partial charge on any atom is 0.222 e. The summed E-state index contributed by atoms with van der Waals surface area (Å²) in [5.41, 5.74) is 1.95. The fraction of sp³-hybridized carbons (Fsp3) is 0.391. The Bertz CT molecular complexity index is 1310. The summed E-state index contributed by atoms with van der Waals surface area (Å²) >= 11 is 0. The monoisotopic (exact) mass is 484 g/mol. The lowest BCUT2D eigenvalue weighted by Gasteiger charge is -2.25. The molecule has 0 bridgehead atoms. The van der Waals surface area contributed by atoms with E-state index >= 15 is 0 Å². The molecule has 1 amide bonds. The summed E-state index contributed by atoms with van der Waals surface area (Å²) in [7, 11) is -3.58. The third kappa shape index (κ3) is 5.53. The number of sulfone groups is 1. The van der Waals surface area contributed by atoms with Gasteiger partial charge in [-0.25, -0.2) is 18.4 Å². The summed E-state index contributed by atoms with van der Waals surface area (Å²) in [6, 6.07) is 7.00. The quantitative estimate of drug-likeness (QED) is 0.492. The van der Waals surface area contributed by atoms with Crippen LogP contribution in [0.5, 0.6) is 5.75 Å². The Morgan fingerprint density at radius 2 is 1.97 bits per heavy atom. The summed E-state index contributed by atoms with van der Waals surface area (Å²) in [4.78, 5) is 20.2. The first-order chi connectivity index (χ1) is 16.1. The fourth-order valence-corrected chi connectivity index (χ4v) is 4.16. The van der Waals surface area contributed by atoms with E-state index in [0.29, 0.717) is 34.6 Å². The molecule has 1 aliphatic rings. The number of hydrogen-bond acceptors (Lipinski definition) is 8. The van der Waals surface area contributed by atoms with E-state index in [9.17, 15) is 13.2 Å². The number of hydrogen-bond donors (Lipinski definition) is 2. The van der Waals surface area contributed by atoms with E-state index in [-0.39, 0.29) is 22.9 Å². The molecule has 0 aliphatic heterocycles. The third-order valence-corrected chi connectivity index (χ3v) is 6.30. The molecule has 3 aromatic heterocycles. The van der Waals surface area contributed by atoms with E-state index < -0.39 is 9.84 Å². The highest BCUT2D eigenvalue weighted by atomic mass is 32.2. The van der Waals surface area contributed by atoms with Crippen LogP contribution in [0.4, 0.5) is 17.3 Å². The van der Waals surface area contributed by atoms with Crippen LogP contribution < -0.4 is 15.4 Å². The zero-order chi connectivity index (χ0) is 24.5. The maximum atomic E-state index is 12.2. The van der Waals surface area contributed by atoms with Crippen molar-refractivity contribution in [3.63, 3.8) is 0 Å². The Kier molecular flexibility index (Phi) is 6.56. The maximum absolute atomic E-state index is 12.2. The highest BCUT2D eigenvalue weighted by Crippen LogP contribution is 2.35. The van der Waals surface area contributed by atoms with Crippen LogP contribution >= 0.6 is 0 Å². The largest absolute Gasteiger partial charge is 0.491 e. The van der Waals surface area contributed by atoms with Gasteiger partial charge < -0.3 is 15.4 Å². The molecule has 3 heterocycles. The topological polar surface area (TPSA) is 128 Å². The molecule has 180 valence electrons. The predicted octanol–water partition coefficient (Wildman–Crippen LogP) is 3.96. The molecule has 34 heavy (non-hydrogen) atoms. The Labute approximate surface area is 198 Å². The molecule has 1 aliphatic carbocycles. The third-order valence-electron chi connectivity index (χ3n) is 5.33. The normalized spacial score (nSPS) is 14.0. The van der Waals surface area contributed by atoms with Gasteiger partial charge in [0, 0.05) is 49.3 Å². The number of ether oxygens (including phenoxy) is 1. The molecule has 0 spiro atoms. The van der Waals surface area contributed by atoms with Gasteiger partial charge in [0.05, 0.1) is 23.5 Å². The Hall–Kier alpha value is -3.47. The number of nitrogens with one attached hydrogen (secondary N) is 2. The van der Waals surface area contributed by atoms with Crippen molar-refractivity contribution in [2.24, 2.45) is 0 Å². The average Bonchev–Trinajstić information content (AvgIpc) is 3.14. The number of carbonyl (C=O) groups is 1. The average molecular weight is 485 g/mol. The molecule has 4 rings (SSSR count). The van der Waals surface area contributed by atoms with Crippen LogP contribution in [-0.2, 0) is 14.6 Å². The lowest BCUT2D eigenvalue weighted by Crippen LogP contribution is -2.17. The van der Waals surface area contributed by atoms with Gasteiger partial charge in [0.2, 0.25) is 5.91 Å². The highest BCUT2D eigenvalue weighted by molar-refractivity contribution is 7.90. The standard InChI is InChI=1S/C23H28N6O4S/c1-14(2)33-17-10-22(27-23(11-17)34(4,31)32)26-20-12-21(25-15(3)30)24-13-18(20)19-8-9-29(28-19)16-6-5-7-16/h8-14,16H,5-7H2,1-4H3,(H2,24,25,26,27,30). The van der Waals surface area contributed by atoms with Crippen molar-refractivity contribution in [2.75, 3.05) is 16.9 Å². The van der Waals surface area contributed by atoms with Crippen molar-refractivity contribution in [3.8, 4) is 17.0 Å². The minimum absolute atomic E-state index is 0.111. The van der Waals surface area contributed by atoms with Gasteiger partial charge in [0.1, 0.15) is 17.4 Å². The predicted molar refractivity (Wildman–Crippen MR) is 129 cm³/mol. The van der Waals surface area contributed by atoms with Gasteiger partial charge in [-0.15, -0.1) is 0 Å². The van der Waals surface area contributed by atoms with Gasteiger partial charge in [-0.05, 0) is 39.2 Å². The smallest absolute Gasteiger partial charge is 0.222 e. The van der Waals surface area contributed by atoms with Crippen molar-refractivity contribution in [1.82, 2.24) is 19.7 Å². The second-order valence-electron chi connectivity index (χ2n) is 8.65. The van der Waals surface area contributed by atoms with E-state index in [4.69, 9.17) is 9.84 Å². The minimum atomic E-state index is -3.58. The van der Waals surface area contributed by atoms with E-state index in [1.54, 1.807) is 18.3 Å². The van der Waals surface area contributed by atoms with Crippen LogP contribution in [0.3, 0.4) is 0 Å². The molecular formula is C23H28N6O4S. The molecule has 0 unspecified atom stereocenters. The molecule has 0 atom stereocenters. The molecule has 10 nitrogen and oxygen atoms in total. The number of aromatic nitrogens is 4. The van der Waals surface area contributed by atoms with E-state index in [1.165, 1.54) is 19.4 Å². The van der Waals surface area contributed by atoms with E-state index in [0.717, 1.165) is 19.1 Å². The van der Waals surface area contributed by atoms with E-state index in [2.05, 4.69) is 20.6 Å². The first kappa shape index (κ1) is 23.7. The molecule has 3 aromatic rings. The van der Waals surface area contributed by atoms with Crippen molar-refractivity contribution in [1.29, 1.82) is 0 Å². The Morgan fingerprint density at radius 1 is 1.21 bits per heavy atom. The molecule has 1 fully saturated rings. The molecule has 0 radical (unpaired) electrons. The second-order valence-corrected chi connectivity index (χ2v) is 10.6. The fourth-order valence-electron chi connectivity index (χ4n) is 3.56. The van der Waals surface area contributed by atoms with Gasteiger partial charge in [-0.3, -0.25) is 9.48 Å². The van der Waals surface area contributed by atoms with Crippen LogP contribution in [0.15, 0.2) is 41.7 Å². The van der Waals surface area contributed by atoms with Gasteiger partial charge >= 0.3 is 0 Å². The lowest BCUT2D eigenvalue weighted by atomic mass is 9.93. The Morgan fingerprint density at radius 3 is 2.59 bits per heavy atom. The zero-order valence-corrected chi connectivity index (χ0v) is 20.4. The van der Waals surface area contributed by atoms with Crippen LogP contribution in [0, 0.1) is 0 Å². The number of anilines is 3. The SMILES string of the molecule is CC(=O)Nc1cc(Nc2cc(OC(C)C)cc(S(C)(=O)=O)n2)c(-c2ccn(C3CCC3)n2)cn1. The minimum Gasteiger partial charge on any atom is -0.491 e. The summed E-state index contributed by atoms with van der Waals surface area (Å²) in [5.74, 6) is 0.735. The van der Waals surface area contributed by atoms with Gasteiger partial charge in [0.25, 0.3) is 0 Å². The molecule has 2 N–H and O–H groups in total. The number of rotatable bonds is 8. The lowest BCUT2D eigenvalue weighted by molar-refractivity contribution is -0.114.